The molecule has 2 aromatic rings. The molecule has 0 bridgehead atoms. The van der Waals surface area contributed by atoms with Crippen molar-refractivity contribution >= 4 is 11.8 Å². The zero-order valence-electron chi connectivity index (χ0n) is 21.0. The highest BCUT2D eigenvalue weighted by Gasteiger charge is 2.31. The molecule has 2 rings (SSSR count). The molecule has 32 heavy (non-hydrogen) atoms. The van der Waals surface area contributed by atoms with Crippen molar-refractivity contribution in [2.24, 2.45) is 0 Å². The van der Waals surface area contributed by atoms with Crippen LogP contribution in [0.2, 0.25) is 0 Å². The fourth-order valence-corrected chi connectivity index (χ4v) is 4.71. The Balaban J connectivity index is 2.09. The first kappa shape index (κ1) is 26.0. The predicted molar refractivity (Wildman–Crippen MR) is 133 cm³/mol. The van der Waals surface area contributed by atoms with Gasteiger partial charge in [0, 0.05) is 0 Å². The maximum absolute atomic E-state index is 12.9. The van der Waals surface area contributed by atoms with E-state index < -0.39 is 0 Å². The lowest BCUT2D eigenvalue weighted by molar-refractivity contribution is -0.849. The number of nitrogens with zero attached hydrogens (tertiary/aromatic N) is 2. The molecule has 0 saturated carbocycles. The second-order valence-electron chi connectivity index (χ2n) is 8.72. The normalized spacial score (nSPS) is 12.1. The summed E-state index contributed by atoms with van der Waals surface area (Å²) in [5, 5.41) is 0. The summed E-state index contributed by atoms with van der Waals surface area (Å²) in [5.41, 5.74) is 4.38. The van der Waals surface area contributed by atoms with Crippen LogP contribution in [-0.2, 0) is 22.4 Å². The minimum absolute atomic E-state index is 0.292. The standard InChI is InChI=1S/C28H42N2O2/c1-7-29(8-2,9-3)27(31)21-23-13-17-25(18-14-23)26-19-15-24(16-20-26)22-28(32)30(10-4,11-5)12-6/h13-20H,7-12,21-22H2,1-6H3/q+2. The molecule has 0 saturated heterocycles. The van der Waals surface area contributed by atoms with Gasteiger partial charge in [-0.1, -0.05) is 48.5 Å². The third-order valence-corrected chi connectivity index (χ3v) is 7.64. The summed E-state index contributed by atoms with van der Waals surface area (Å²) >= 11 is 0. The van der Waals surface area contributed by atoms with Gasteiger partial charge in [-0.05, 0) is 63.8 Å². The monoisotopic (exact) mass is 438 g/mol. The Labute approximate surface area is 195 Å². The van der Waals surface area contributed by atoms with Crippen LogP contribution in [-0.4, -0.2) is 60.0 Å². The van der Waals surface area contributed by atoms with Crippen molar-refractivity contribution in [3.8, 4) is 11.1 Å². The molecule has 0 fully saturated rings. The molecule has 0 N–H and O–H groups in total. The van der Waals surface area contributed by atoms with Crippen molar-refractivity contribution in [2.45, 2.75) is 54.4 Å². The Morgan fingerprint density at radius 2 is 0.750 bits per heavy atom. The van der Waals surface area contributed by atoms with E-state index in [0.29, 0.717) is 33.6 Å². The summed E-state index contributed by atoms with van der Waals surface area (Å²) < 4.78 is 1.08. The number of rotatable bonds is 11. The second kappa shape index (κ2) is 11.5. The topological polar surface area (TPSA) is 34.1 Å². The number of amides is 2. The SMILES string of the molecule is CC[N+](CC)(CC)C(=O)Cc1ccc(-c2ccc(CC(=O)[N+](CC)(CC)CC)cc2)cc1. The fraction of sp³-hybridized carbons (Fsp3) is 0.500. The van der Waals surface area contributed by atoms with E-state index in [1.165, 1.54) is 0 Å². The lowest BCUT2D eigenvalue weighted by atomic mass is 10.00. The number of hydrogen-bond donors (Lipinski definition) is 0. The molecule has 0 radical (unpaired) electrons. The molecule has 2 amide bonds. The molecule has 4 nitrogen and oxygen atoms in total. The van der Waals surface area contributed by atoms with Gasteiger partial charge in [-0.15, -0.1) is 0 Å². The molecule has 0 aliphatic carbocycles. The average molecular weight is 439 g/mol. The Morgan fingerprint density at radius 1 is 0.500 bits per heavy atom. The minimum Gasteiger partial charge on any atom is -0.261 e. The van der Waals surface area contributed by atoms with E-state index >= 15 is 0 Å². The van der Waals surface area contributed by atoms with Crippen LogP contribution in [0.1, 0.15) is 52.7 Å². The zero-order chi connectivity index (χ0) is 23.8. The largest absolute Gasteiger partial charge is 0.318 e. The van der Waals surface area contributed by atoms with E-state index in [1.807, 2.05) is 0 Å². The summed E-state index contributed by atoms with van der Waals surface area (Å²) in [6, 6.07) is 16.6. The quantitative estimate of drug-likeness (QED) is 0.449. The van der Waals surface area contributed by atoms with Gasteiger partial charge >= 0.3 is 11.8 Å². The average Bonchev–Trinajstić information content (AvgIpc) is 2.83. The lowest BCUT2D eigenvalue weighted by Crippen LogP contribution is -2.53. The van der Waals surface area contributed by atoms with Crippen LogP contribution in [0.25, 0.3) is 11.1 Å². The van der Waals surface area contributed by atoms with E-state index in [0.717, 1.165) is 61.5 Å². The molecular formula is C28H42N2O2+2. The third kappa shape index (κ3) is 5.54. The first-order chi connectivity index (χ1) is 15.3. The van der Waals surface area contributed by atoms with Crippen molar-refractivity contribution in [1.82, 2.24) is 0 Å². The Morgan fingerprint density at radius 3 is 0.969 bits per heavy atom. The number of quaternary nitrogens is 2. The van der Waals surface area contributed by atoms with Gasteiger partial charge in [0.25, 0.3) is 0 Å². The Kier molecular flexibility index (Phi) is 9.35. The summed E-state index contributed by atoms with van der Waals surface area (Å²) in [6.07, 6.45) is 0.951. The molecule has 0 heterocycles. The molecule has 0 spiro atoms. The van der Waals surface area contributed by atoms with E-state index in [1.54, 1.807) is 0 Å². The highest BCUT2D eigenvalue weighted by Crippen LogP contribution is 2.22. The van der Waals surface area contributed by atoms with Gasteiger partial charge < -0.3 is 0 Å². The number of carbonyl (C=O) groups excluding carboxylic acids is 2. The summed E-state index contributed by atoms with van der Waals surface area (Å²) in [7, 11) is 0. The van der Waals surface area contributed by atoms with Crippen molar-refractivity contribution in [2.75, 3.05) is 39.3 Å². The van der Waals surface area contributed by atoms with E-state index in [2.05, 4.69) is 90.1 Å². The second-order valence-corrected chi connectivity index (χ2v) is 8.72. The van der Waals surface area contributed by atoms with Gasteiger partial charge in [-0.25, -0.2) is 9.59 Å². The Bertz CT molecular complexity index is 785. The highest BCUT2D eigenvalue weighted by atomic mass is 16.2. The van der Waals surface area contributed by atoms with Crippen molar-refractivity contribution in [3.05, 3.63) is 59.7 Å². The molecular weight excluding hydrogens is 396 g/mol. The summed E-state index contributed by atoms with van der Waals surface area (Å²) in [4.78, 5) is 25.8. The van der Waals surface area contributed by atoms with Crippen LogP contribution in [0.15, 0.2) is 48.5 Å². The molecule has 0 atom stereocenters. The van der Waals surface area contributed by atoms with E-state index in [4.69, 9.17) is 0 Å². The maximum atomic E-state index is 12.9. The number of carbonyl (C=O) groups is 2. The van der Waals surface area contributed by atoms with Gasteiger partial charge in [0.15, 0.2) is 0 Å². The van der Waals surface area contributed by atoms with Crippen LogP contribution in [0.3, 0.4) is 0 Å². The van der Waals surface area contributed by atoms with Crippen LogP contribution in [0, 0.1) is 0 Å². The van der Waals surface area contributed by atoms with E-state index in [9.17, 15) is 9.59 Å². The van der Waals surface area contributed by atoms with Gasteiger partial charge in [-0.3, -0.25) is 8.97 Å². The number of benzene rings is 2. The van der Waals surface area contributed by atoms with Crippen LogP contribution >= 0.6 is 0 Å². The molecule has 0 unspecified atom stereocenters. The highest BCUT2D eigenvalue weighted by molar-refractivity contribution is 5.74. The third-order valence-electron chi connectivity index (χ3n) is 7.64. The first-order valence-corrected chi connectivity index (χ1v) is 12.3. The van der Waals surface area contributed by atoms with E-state index in [-0.39, 0.29) is 0 Å². The van der Waals surface area contributed by atoms with Crippen LogP contribution < -0.4 is 0 Å². The first-order valence-electron chi connectivity index (χ1n) is 12.3. The summed E-state index contributed by atoms with van der Waals surface area (Å²) in [6.45, 7) is 17.6. The number of likely N-dealkylation sites (N-methyl/N-ethyl adjacent to an activating group) is 2. The molecule has 174 valence electrons. The van der Waals surface area contributed by atoms with Crippen molar-refractivity contribution in [1.29, 1.82) is 0 Å². The van der Waals surface area contributed by atoms with Crippen molar-refractivity contribution in [3.63, 3.8) is 0 Å². The van der Waals surface area contributed by atoms with Gasteiger partial charge in [-0.2, -0.15) is 0 Å². The van der Waals surface area contributed by atoms with Crippen LogP contribution in [0.4, 0.5) is 0 Å². The molecule has 0 aromatic heterocycles. The molecule has 0 aliphatic rings. The van der Waals surface area contributed by atoms with Gasteiger partial charge in [0.05, 0.1) is 52.1 Å². The van der Waals surface area contributed by atoms with Crippen LogP contribution in [0.5, 0.6) is 0 Å². The van der Waals surface area contributed by atoms with Gasteiger partial charge in [0.2, 0.25) is 0 Å². The number of hydrogen-bond acceptors (Lipinski definition) is 2. The lowest BCUT2D eigenvalue weighted by Gasteiger charge is -2.32. The maximum Gasteiger partial charge on any atom is 0.318 e. The minimum atomic E-state index is 0.292. The molecule has 0 aliphatic heterocycles. The van der Waals surface area contributed by atoms with Gasteiger partial charge in [0.1, 0.15) is 0 Å². The molecule has 2 aromatic carbocycles. The summed E-state index contributed by atoms with van der Waals surface area (Å²) in [5.74, 6) is 0.583. The Hall–Kier alpha value is -2.30. The predicted octanol–water partition coefficient (Wildman–Crippen LogP) is 5.24. The van der Waals surface area contributed by atoms with Crippen molar-refractivity contribution < 1.29 is 18.6 Å². The smallest absolute Gasteiger partial charge is 0.261 e. The zero-order valence-corrected chi connectivity index (χ0v) is 21.0. The fourth-order valence-electron chi connectivity index (χ4n) is 4.71. The molecule has 4 heteroatoms.